The maximum Gasteiger partial charge on any atom is 0.362 e. The fourth-order valence-electron chi connectivity index (χ4n) is 1.59. The lowest BCUT2D eigenvalue weighted by atomic mass is 10.2. The molecule has 2 aromatic rings. The van der Waals surface area contributed by atoms with Gasteiger partial charge < -0.3 is 4.74 Å². The average molecular weight is 262 g/mol. The zero-order chi connectivity index (χ0) is 14.0. The summed E-state index contributed by atoms with van der Waals surface area (Å²) in [6.45, 7) is 1.55. The number of aryl methyl sites for hydroxylation is 1. The maximum absolute atomic E-state index is 13.2. The summed E-state index contributed by atoms with van der Waals surface area (Å²) >= 11 is 0. The Morgan fingerprint density at radius 3 is 2.79 bits per heavy atom. The molecule has 0 spiro atoms. The van der Waals surface area contributed by atoms with E-state index < -0.39 is 17.2 Å². The molecule has 0 aliphatic heterocycles. The Bertz CT molecular complexity index is 695. The van der Waals surface area contributed by atoms with Crippen molar-refractivity contribution < 1.29 is 13.9 Å². The Hall–Kier alpha value is -2.50. The predicted octanol–water partition coefficient (Wildman–Crippen LogP) is 1.47. The summed E-state index contributed by atoms with van der Waals surface area (Å²) in [7, 11) is 1.16. The third-order valence-electron chi connectivity index (χ3n) is 2.55. The minimum absolute atomic E-state index is 0.319. The maximum atomic E-state index is 13.2. The molecule has 0 N–H and O–H groups in total. The van der Waals surface area contributed by atoms with Gasteiger partial charge in [-0.05, 0) is 25.1 Å². The first-order chi connectivity index (χ1) is 9.02. The van der Waals surface area contributed by atoms with E-state index in [1.165, 1.54) is 29.1 Å². The molecule has 0 aliphatic rings. The summed E-state index contributed by atoms with van der Waals surface area (Å²) in [6, 6.07) is 5.66. The number of carbonyl (C=O) groups excluding carboxylic acids is 1. The summed E-state index contributed by atoms with van der Waals surface area (Å²) in [5.41, 5.74) is -0.0980. The number of carbonyl (C=O) groups is 1. The molecule has 1 aromatic heterocycles. The van der Waals surface area contributed by atoms with E-state index >= 15 is 0 Å². The highest BCUT2D eigenvalue weighted by atomic mass is 19.1. The van der Waals surface area contributed by atoms with E-state index in [1.807, 2.05) is 0 Å². The van der Waals surface area contributed by atoms with Crippen molar-refractivity contribution in [3.8, 4) is 5.69 Å². The van der Waals surface area contributed by atoms with Crippen LogP contribution in [0.25, 0.3) is 5.69 Å². The van der Waals surface area contributed by atoms with Gasteiger partial charge in [0.2, 0.25) is 11.1 Å². The highest BCUT2D eigenvalue weighted by molar-refractivity contribution is 5.87. The summed E-state index contributed by atoms with van der Waals surface area (Å²) in [6.07, 6.45) is 1.43. The second kappa shape index (κ2) is 5.01. The van der Waals surface area contributed by atoms with Crippen LogP contribution >= 0.6 is 0 Å². The van der Waals surface area contributed by atoms with E-state index in [1.54, 1.807) is 13.0 Å². The molecular formula is C13H11FN2O3. The van der Waals surface area contributed by atoms with E-state index in [0.717, 1.165) is 7.11 Å². The molecule has 1 aromatic carbocycles. The van der Waals surface area contributed by atoms with Crippen LogP contribution in [0.15, 0.2) is 35.3 Å². The Balaban J connectivity index is 2.63. The summed E-state index contributed by atoms with van der Waals surface area (Å²) < 4.78 is 18.9. The minimum atomic E-state index is -0.821. The molecule has 98 valence electrons. The van der Waals surface area contributed by atoms with Gasteiger partial charge in [0, 0.05) is 11.8 Å². The molecule has 0 bridgehead atoms. The van der Waals surface area contributed by atoms with E-state index in [9.17, 15) is 14.0 Å². The Kier molecular flexibility index (Phi) is 3.41. The van der Waals surface area contributed by atoms with Crippen molar-refractivity contribution in [1.29, 1.82) is 0 Å². The third kappa shape index (κ3) is 2.52. The molecular weight excluding hydrogens is 251 g/mol. The second-order valence-electron chi connectivity index (χ2n) is 3.91. The SMILES string of the molecule is COC(=O)c1nn(-c2cccc(F)c2)cc(C)c1=O. The van der Waals surface area contributed by atoms with Crippen LogP contribution in [0.5, 0.6) is 0 Å². The molecule has 0 fully saturated rings. The van der Waals surface area contributed by atoms with Crippen molar-refractivity contribution in [1.82, 2.24) is 9.78 Å². The normalized spacial score (nSPS) is 10.3. The van der Waals surface area contributed by atoms with Gasteiger partial charge in [-0.3, -0.25) is 4.79 Å². The molecule has 1 heterocycles. The minimum Gasteiger partial charge on any atom is -0.464 e. The van der Waals surface area contributed by atoms with Crippen molar-refractivity contribution in [3.05, 3.63) is 57.8 Å². The van der Waals surface area contributed by atoms with Crippen LogP contribution in [0.3, 0.4) is 0 Å². The number of aromatic nitrogens is 2. The van der Waals surface area contributed by atoms with Crippen molar-refractivity contribution in [2.45, 2.75) is 6.92 Å². The molecule has 5 nitrogen and oxygen atoms in total. The lowest BCUT2D eigenvalue weighted by molar-refractivity contribution is 0.0590. The number of esters is 1. The van der Waals surface area contributed by atoms with Gasteiger partial charge in [0.05, 0.1) is 12.8 Å². The van der Waals surface area contributed by atoms with Crippen molar-refractivity contribution >= 4 is 5.97 Å². The van der Waals surface area contributed by atoms with Crippen LogP contribution in [0.2, 0.25) is 0 Å². The number of hydrogen-bond acceptors (Lipinski definition) is 4. The molecule has 0 unspecified atom stereocenters. The molecule has 0 atom stereocenters. The molecule has 0 saturated heterocycles. The van der Waals surface area contributed by atoms with Gasteiger partial charge in [-0.2, -0.15) is 5.10 Å². The predicted molar refractivity (Wildman–Crippen MR) is 65.9 cm³/mol. The van der Waals surface area contributed by atoms with E-state index in [0.29, 0.717) is 11.3 Å². The second-order valence-corrected chi connectivity index (χ2v) is 3.91. The van der Waals surface area contributed by atoms with Crippen molar-refractivity contribution in [2.75, 3.05) is 7.11 Å². The number of rotatable bonds is 2. The number of ether oxygens (including phenoxy) is 1. The van der Waals surface area contributed by atoms with Gasteiger partial charge in [-0.25, -0.2) is 13.9 Å². The van der Waals surface area contributed by atoms with E-state index in [2.05, 4.69) is 9.84 Å². The van der Waals surface area contributed by atoms with Gasteiger partial charge >= 0.3 is 5.97 Å². The van der Waals surface area contributed by atoms with Crippen LogP contribution < -0.4 is 5.43 Å². The zero-order valence-electron chi connectivity index (χ0n) is 10.4. The van der Waals surface area contributed by atoms with Crippen LogP contribution in [0.4, 0.5) is 4.39 Å². The van der Waals surface area contributed by atoms with Crippen LogP contribution in [-0.4, -0.2) is 22.9 Å². The smallest absolute Gasteiger partial charge is 0.362 e. The van der Waals surface area contributed by atoms with Gasteiger partial charge in [0.1, 0.15) is 5.82 Å². The lowest BCUT2D eigenvalue weighted by Crippen LogP contribution is -2.24. The molecule has 19 heavy (non-hydrogen) atoms. The largest absolute Gasteiger partial charge is 0.464 e. The Labute approximate surface area is 108 Å². The summed E-state index contributed by atoms with van der Waals surface area (Å²) in [5, 5.41) is 3.88. The first-order valence-electron chi connectivity index (χ1n) is 5.48. The summed E-state index contributed by atoms with van der Waals surface area (Å²) in [5.74, 6) is -1.26. The summed E-state index contributed by atoms with van der Waals surface area (Å²) in [4.78, 5) is 23.2. The van der Waals surface area contributed by atoms with Crippen molar-refractivity contribution in [2.24, 2.45) is 0 Å². The van der Waals surface area contributed by atoms with E-state index in [4.69, 9.17) is 0 Å². The first kappa shape index (κ1) is 12.9. The van der Waals surface area contributed by atoms with Crippen LogP contribution in [0, 0.1) is 12.7 Å². The van der Waals surface area contributed by atoms with E-state index in [-0.39, 0.29) is 5.69 Å². The highest BCUT2D eigenvalue weighted by Crippen LogP contribution is 2.09. The van der Waals surface area contributed by atoms with Crippen LogP contribution in [-0.2, 0) is 4.74 Å². The number of benzene rings is 1. The van der Waals surface area contributed by atoms with Gasteiger partial charge in [-0.15, -0.1) is 0 Å². The number of hydrogen-bond donors (Lipinski definition) is 0. The molecule has 2 rings (SSSR count). The standard InChI is InChI=1S/C13H11FN2O3/c1-8-7-16(10-5-3-4-9(14)6-10)15-11(12(8)17)13(18)19-2/h3-7H,1-2H3. The number of nitrogens with zero attached hydrogens (tertiary/aromatic N) is 2. The highest BCUT2D eigenvalue weighted by Gasteiger charge is 2.16. The fourth-order valence-corrected chi connectivity index (χ4v) is 1.59. The van der Waals surface area contributed by atoms with Gasteiger partial charge in [0.15, 0.2) is 0 Å². The van der Waals surface area contributed by atoms with Gasteiger partial charge in [0.25, 0.3) is 0 Å². The Morgan fingerprint density at radius 1 is 1.42 bits per heavy atom. The monoisotopic (exact) mass is 262 g/mol. The topological polar surface area (TPSA) is 61.2 Å². The number of methoxy groups -OCH3 is 1. The average Bonchev–Trinajstić information content (AvgIpc) is 2.40. The first-order valence-corrected chi connectivity index (χ1v) is 5.48. The quantitative estimate of drug-likeness (QED) is 0.769. The lowest BCUT2D eigenvalue weighted by Gasteiger charge is -2.08. The molecule has 0 aliphatic carbocycles. The zero-order valence-corrected chi connectivity index (χ0v) is 10.4. The molecule has 0 amide bonds. The fraction of sp³-hybridized carbons (Fsp3) is 0.154. The molecule has 6 heteroatoms. The Morgan fingerprint density at radius 2 is 2.16 bits per heavy atom. The van der Waals surface area contributed by atoms with Gasteiger partial charge in [-0.1, -0.05) is 6.07 Å². The van der Waals surface area contributed by atoms with Crippen LogP contribution in [0.1, 0.15) is 16.1 Å². The molecule has 0 saturated carbocycles. The third-order valence-corrected chi connectivity index (χ3v) is 2.55. The molecule has 0 radical (unpaired) electrons. The van der Waals surface area contributed by atoms with Crippen molar-refractivity contribution in [3.63, 3.8) is 0 Å². The number of halogens is 1.